The van der Waals surface area contributed by atoms with Crippen LogP contribution in [0.4, 0.5) is 35.0 Å². The number of aromatic nitrogens is 1. The van der Waals surface area contributed by atoms with Gasteiger partial charge in [-0.2, -0.15) is 18.2 Å². The van der Waals surface area contributed by atoms with E-state index in [-0.39, 0.29) is 17.7 Å². The number of anilines is 3. The van der Waals surface area contributed by atoms with Gasteiger partial charge >= 0.3 is 6.18 Å². The summed E-state index contributed by atoms with van der Waals surface area (Å²) in [4.78, 5) is 20.6. The van der Waals surface area contributed by atoms with Crippen molar-refractivity contribution in [3.8, 4) is 0 Å². The summed E-state index contributed by atoms with van der Waals surface area (Å²) < 4.78 is 59.2. The van der Waals surface area contributed by atoms with Crippen LogP contribution in [-0.4, -0.2) is 42.7 Å². The monoisotopic (exact) mass is 454 g/mol. The minimum atomic E-state index is -4.56. The normalized spacial score (nSPS) is 19.5. The number of halogens is 4. The molecule has 2 fully saturated rings. The maximum Gasteiger partial charge on any atom is 0.396 e. The molecule has 2 aliphatic heterocycles. The van der Waals surface area contributed by atoms with Crippen molar-refractivity contribution in [2.24, 2.45) is 0 Å². The molecule has 32 heavy (non-hydrogen) atoms. The third-order valence-corrected chi connectivity index (χ3v) is 5.96. The van der Waals surface area contributed by atoms with E-state index in [0.29, 0.717) is 12.2 Å². The maximum absolute atomic E-state index is 14.7. The fourth-order valence-electron chi connectivity index (χ4n) is 4.33. The lowest BCUT2D eigenvalue weighted by molar-refractivity contribution is -0.130. The van der Waals surface area contributed by atoms with Crippen LogP contribution in [0.5, 0.6) is 0 Å². The van der Waals surface area contributed by atoms with Crippen LogP contribution in [0, 0.1) is 5.82 Å². The van der Waals surface area contributed by atoms with E-state index in [4.69, 9.17) is 4.42 Å². The molecule has 10 heteroatoms. The van der Waals surface area contributed by atoms with Crippen molar-refractivity contribution < 1.29 is 26.8 Å². The number of rotatable bonds is 5. The van der Waals surface area contributed by atoms with Gasteiger partial charge < -0.3 is 19.5 Å². The van der Waals surface area contributed by atoms with E-state index in [9.17, 15) is 22.4 Å². The molecular formula is C22H26F4N4O2. The number of piperidine rings is 1. The van der Waals surface area contributed by atoms with Crippen molar-refractivity contribution in [3.63, 3.8) is 0 Å². The number of alkyl halides is 3. The summed E-state index contributed by atoms with van der Waals surface area (Å²) >= 11 is 0. The van der Waals surface area contributed by atoms with Crippen molar-refractivity contribution in [1.29, 1.82) is 0 Å². The lowest BCUT2D eigenvalue weighted by Gasteiger charge is -2.29. The van der Waals surface area contributed by atoms with E-state index >= 15 is 0 Å². The number of carbonyl (C=O) groups is 1. The van der Waals surface area contributed by atoms with Gasteiger partial charge in [0.25, 0.3) is 11.9 Å². The number of hydrogen-bond donors (Lipinski definition) is 1. The Morgan fingerprint density at radius 1 is 1.19 bits per heavy atom. The summed E-state index contributed by atoms with van der Waals surface area (Å²) in [5, 5.41) is 2.46. The lowest BCUT2D eigenvalue weighted by atomic mass is 10.1. The van der Waals surface area contributed by atoms with Crippen molar-refractivity contribution in [2.45, 2.75) is 57.7 Å². The summed E-state index contributed by atoms with van der Waals surface area (Å²) in [5.74, 6) is -1.90. The number of nitrogens with one attached hydrogen (secondary N) is 1. The quantitative estimate of drug-likeness (QED) is 0.634. The predicted molar refractivity (Wildman–Crippen MR) is 113 cm³/mol. The Hall–Kier alpha value is -2.78. The second-order valence-electron chi connectivity index (χ2n) is 8.41. The zero-order valence-corrected chi connectivity index (χ0v) is 17.8. The Morgan fingerprint density at radius 3 is 2.56 bits per heavy atom. The van der Waals surface area contributed by atoms with Crippen molar-refractivity contribution in [1.82, 2.24) is 4.98 Å². The Labute approximate surface area is 183 Å². The predicted octanol–water partition coefficient (Wildman–Crippen LogP) is 5.15. The second-order valence-corrected chi connectivity index (χ2v) is 8.41. The number of hydrogen-bond acceptors (Lipinski definition) is 5. The molecular weight excluding hydrogens is 428 g/mol. The molecule has 1 aromatic carbocycles. The first kappa shape index (κ1) is 22.4. The number of benzene rings is 1. The van der Waals surface area contributed by atoms with E-state index in [1.807, 2.05) is 11.8 Å². The summed E-state index contributed by atoms with van der Waals surface area (Å²) in [6.45, 7) is 4.05. The first-order valence-corrected chi connectivity index (χ1v) is 10.9. The molecule has 1 aromatic heterocycles. The number of carbonyl (C=O) groups excluding carboxylic acids is 1. The number of nitrogens with zero attached hydrogens (tertiary/aromatic N) is 3. The van der Waals surface area contributed by atoms with Gasteiger partial charge in [0.2, 0.25) is 0 Å². The first-order valence-electron chi connectivity index (χ1n) is 10.9. The van der Waals surface area contributed by atoms with Gasteiger partial charge in [0.05, 0.1) is 5.69 Å². The standard InChI is InChI=1S/C22H26F4N4O2/c1-14-6-5-11-30(14)21-28-19(18(32-21)13-22(24,25)26)20(31)27-15-7-8-17(16(23)12-15)29-9-3-2-4-10-29/h7-8,12,14H,2-6,9-11,13H2,1H3,(H,27,31). The highest BCUT2D eigenvalue weighted by molar-refractivity contribution is 6.03. The molecule has 2 aromatic rings. The average molecular weight is 454 g/mol. The molecule has 1 unspecified atom stereocenters. The number of amides is 1. The van der Waals surface area contributed by atoms with Gasteiger partial charge in [0.1, 0.15) is 18.0 Å². The lowest BCUT2D eigenvalue weighted by Crippen LogP contribution is -2.30. The highest BCUT2D eigenvalue weighted by Crippen LogP contribution is 2.31. The second kappa shape index (κ2) is 8.99. The van der Waals surface area contributed by atoms with Crippen LogP contribution in [-0.2, 0) is 6.42 Å². The van der Waals surface area contributed by atoms with Gasteiger partial charge in [-0.1, -0.05) is 0 Å². The minimum absolute atomic E-state index is 0.00558. The largest absolute Gasteiger partial charge is 0.427 e. The van der Waals surface area contributed by atoms with Gasteiger partial charge in [-0.25, -0.2) is 4.39 Å². The zero-order chi connectivity index (χ0) is 22.9. The Balaban J connectivity index is 1.55. The highest BCUT2D eigenvalue weighted by atomic mass is 19.4. The molecule has 0 saturated carbocycles. The van der Waals surface area contributed by atoms with Gasteiger partial charge in [0, 0.05) is 31.4 Å². The van der Waals surface area contributed by atoms with Crippen LogP contribution in [0.15, 0.2) is 22.6 Å². The van der Waals surface area contributed by atoms with Gasteiger partial charge in [-0.15, -0.1) is 0 Å². The van der Waals surface area contributed by atoms with E-state index < -0.39 is 35.8 Å². The van der Waals surface area contributed by atoms with E-state index in [1.165, 1.54) is 12.1 Å². The van der Waals surface area contributed by atoms with Crippen LogP contribution in [0.1, 0.15) is 55.3 Å². The van der Waals surface area contributed by atoms with Gasteiger partial charge in [-0.3, -0.25) is 4.79 Å². The Kier molecular flexibility index (Phi) is 6.30. The van der Waals surface area contributed by atoms with Crippen LogP contribution in [0.3, 0.4) is 0 Å². The molecule has 0 radical (unpaired) electrons. The smallest absolute Gasteiger partial charge is 0.396 e. The molecule has 174 valence electrons. The van der Waals surface area contributed by atoms with Crippen LogP contribution >= 0.6 is 0 Å². The Bertz CT molecular complexity index is 969. The van der Waals surface area contributed by atoms with Crippen LogP contribution < -0.4 is 15.1 Å². The summed E-state index contributed by atoms with van der Waals surface area (Å²) in [7, 11) is 0. The fourth-order valence-corrected chi connectivity index (χ4v) is 4.33. The minimum Gasteiger partial charge on any atom is -0.427 e. The van der Waals surface area contributed by atoms with Crippen LogP contribution in [0.2, 0.25) is 0 Å². The first-order chi connectivity index (χ1) is 15.2. The van der Waals surface area contributed by atoms with E-state index in [0.717, 1.165) is 45.2 Å². The molecule has 0 aliphatic carbocycles. The summed E-state index contributed by atoms with van der Waals surface area (Å²) in [6, 6.07) is 4.35. The molecule has 4 rings (SSSR count). The topological polar surface area (TPSA) is 61.6 Å². The molecule has 0 spiro atoms. The van der Waals surface area contributed by atoms with Gasteiger partial charge in [0.15, 0.2) is 5.69 Å². The van der Waals surface area contributed by atoms with Crippen molar-refractivity contribution in [2.75, 3.05) is 34.8 Å². The van der Waals surface area contributed by atoms with Gasteiger partial charge in [-0.05, 0) is 57.2 Å². The van der Waals surface area contributed by atoms with E-state index in [1.54, 1.807) is 11.0 Å². The molecule has 1 atom stereocenters. The zero-order valence-electron chi connectivity index (χ0n) is 17.8. The summed E-state index contributed by atoms with van der Waals surface area (Å²) in [6.07, 6.45) is -1.15. The number of oxazole rings is 1. The average Bonchev–Trinajstić information content (AvgIpc) is 3.33. The Morgan fingerprint density at radius 2 is 1.94 bits per heavy atom. The molecule has 6 nitrogen and oxygen atoms in total. The molecule has 3 heterocycles. The van der Waals surface area contributed by atoms with Crippen LogP contribution in [0.25, 0.3) is 0 Å². The van der Waals surface area contributed by atoms with Crippen molar-refractivity contribution in [3.05, 3.63) is 35.5 Å². The third kappa shape index (κ3) is 4.99. The fraction of sp³-hybridized carbons (Fsp3) is 0.545. The molecule has 2 saturated heterocycles. The van der Waals surface area contributed by atoms with Crippen molar-refractivity contribution >= 4 is 23.3 Å². The third-order valence-electron chi connectivity index (χ3n) is 5.96. The highest BCUT2D eigenvalue weighted by Gasteiger charge is 2.36. The molecule has 0 bridgehead atoms. The molecule has 2 aliphatic rings. The molecule has 1 amide bonds. The maximum atomic E-state index is 14.7. The summed E-state index contributed by atoms with van der Waals surface area (Å²) in [5.41, 5.74) is 0.162. The van der Waals surface area contributed by atoms with E-state index in [2.05, 4.69) is 10.3 Å². The molecule has 1 N–H and O–H groups in total. The SMILES string of the molecule is CC1CCCN1c1nc(C(=O)Nc2ccc(N3CCCCC3)c(F)c2)c(CC(F)(F)F)o1.